The number of carboxylic acids is 1. The van der Waals surface area contributed by atoms with E-state index in [9.17, 15) is 15.0 Å². The zero-order valence-corrected chi connectivity index (χ0v) is 18.5. The average molecular weight is 384 g/mol. The van der Waals surface area contributed by atoms with Crippen molar-refractivity contribution in [1.29, 1.82) is 0 Å². The predicted octanol–water partition coefficient (Wildman–Crippen LogP) is 5.33. The number of hydrogen-bond acceptors (Lipinski definition) is 3. The van der Waals surface area contributed by atoms with Gasteiger partial charge in [0.2, 0.25) is 0 Å². The van der Waals surface area contributed by atoms with Gasteiger partial charge in [0.25, 0.3) is 0 Å². The quantitative estimate of drug-likeness (QED) is 0.198. The summed E-state index contributed by atoms with van der Waals surface area (Å²) in [6.45, 7) is 10.8. The third kappa shape index (κ3) is 12.1. The number of aliphatic hydroxyl groups is 1. The number of carbonyl (C=O) groups excluding carboxylic acids is 1. The molecule has 0 radical (unpaired) electrons. The number of rotatable bonds is 18. The highest BCUT2D eigenvalue weighted by Gasteiger charge is 2.30. The Morgan fingerprint density at radius 1 is 0.889 bits per heavy atom. The largest absolute Gasteiger partial charge is 0.550 e. The molecule has 4 heteroatoms. The Labute approximate surface area is 168 Å². The molecule has 0 aliphatic rings. The Hall–Kier alpha value is -1.03. The topological polar surface area (TPSA) is 60.4 Å². The van der Waals surface area contributed by atoms with Crippen molar-refractivity contribution >= 4 is 5.97 Å². The van der Waals surface area contributed by atoms with Crippen molar-refractivity contribution < 1.29 is 19.5 Å². The summed E-state index contributed by atoms with van der Waals surface area (Å²) in [5.74, 6) is -0.980. The molecule has 0 saturated carbocycles. The van der Waals surface area contributed by atoms with Crippen LogP contribution in [-0.4, -0.2) is 35.2 Å². The van der Waals surface area contributed by atoms with Gasteiger partial charge >= 0.3 is 0 Å². The monoisotopic (exact) mass is 383 g/mol. The molecular weight excluding hydrogens is 338 g/mol. The molecule has 0 aromatic rings. The number of aliphatic carboxylic acids is 1. The Kier molecular flexibility index (Phi) is 15.4. The van der Waals surface area contributed by atoms with E-state index < -0.39 is 11.9 Å². The number of allylic oxidation sites excluding steroid dienone is 1. The van der Waals surface area contributed by atoms with Gasteiger partial charge in [-0.25, -0.2) is 0 Å². The maximum absolute atomic E-state index is 11.6. The number of carboxylic acid groups (broad SMARTS) is 1. The van der Waals surface area contributed by atoms with Crippen molar-refractivity contribution in [3.8, 4) is 0 Å². The highest BCUT2D eigenvalue weighted by molar-refractivity contribution is 5.67. The van der Waals surface area contributed by atoms with Crippen molar-refractivity contribution in [2.75, 3.05) is 19.6 Å². The lowest BCUT2D eigenvalue weighted by Gasteiger charge is -2.38. The molecule has 4 nitrogen and oxygen atoms in total. The molecule has 0 aliphatic carbocycles. The Balaban J connectivity index is 5.39. The van der Waals surface area contributed by atoms with Crippen molar-refractivity contribution in [2.45, 2.75) is 105 Å². The van der Waals surface area contributed by atoms with Crippen molar-refractivity contribution in [3.05, 3.63) is 12.0 Å². The van der Waals surface area contributed by atoms with E-state index in [1.165, 1.54) is 12.8 Å². The Morgan fingerprint density at radius 3 is 1.85 bits per heavy atom. The fourth-order valence-corrected chi connectivity index (χ4v) is 3.75. The molecule has 0 aliphatic heterocycles. The SMILES string of the molecule is CCCCCC/C(O)=C/[N+](CCCCC)(CCCCC)CC(CC)C(=O)[O-]. The smallest absolute Gasteiger partial charge is 0.145 e. The minimum absolute atomic E-state index is 0.437. The zero-order valence-electron chi connectivity index (χ0n) is 18.5. The molecule has 0 bridgehead atoms. The van der Waals surface area contributed by atoms with Crippen LogP contribution in [0.3, 0.4) is 0 Å². The molecule has 27 heavy (non-hydrogen) atoms. The molecular formula is C23H45NO3. The van der Waals surface area contributed by atoms with Crippen LogP contribution in [0.25, 0.3) is 0 Å². The zero-order chi connectivity index (χ0) is 20.5. The third-order valence-corrected chi connectivity index (χ3v) is 5.53. The first-order valence-electron chi connectivity index (χ1n) is 11.4. The molecule has 0 amide bonds. The van der Waals surface area contributed by atoms with E-state index in [1.54, 1.807) is 0 Å². The summed E-state index contributed by atoms with van der Waals surface area (Å²) in [6, 6.07) is 0. The van der Waals surface area contributed by atoms with Gasteiger partial charge in [-0.3, -0.25) is 4.48 Å². The van der Waals surface area contributed by atoms with Gasteiger partial charge in [-0.1, -0.05) is 59.8 Å². The third-order valence-electron chi connectivity index (χ3n) is 5.53. The number of aliphatic hydroxyl groups excluding tert-OH is 1. The molecule has 1 N–H and O–H groups in total. The fourth-order valence-electron chi connectivity index (χ4n) is 3.75. The highest BCUT2D eigenvalue weighted by atomic mass is 16.4. The number of quaternary nitrogens is 1. The van der Waals surface area contributed by atoms with Crippen LogP contribution < -0.4 is 5.11 Å². The fraction of sp³-hybridized carbons (Fsp3) is 0.870. The second-order valence-electron chi connectivity index (χ2n) is 8.12. The molecule has 0 aromatic carbocycles. The number of unbranched alkanes of at least 4 members (excludes halogenated alkanes) is 7. The summed E-state index contributed by atoms with van der Waals surface area (Å²) in [5.41, 5.74) is 0. The molecule has 0 aromatic heterocycles. The molecule has 0 spiro atoms. The summed E-state index contributed by atoms with van der Waals surface area (Å²) in [5, 5.41) is 22.2. The first-order valence-corrected chi connectivity index (χ1v) is 11.4. The van der Waals surface area contributed by atoms with E-state index in [2.05, 4.69) is 20.8 Å². The van der Waals surface area contributed by atoms with Gasteiger partial charge in [0.15, 0.2) is 0 Å². The molecule has 0 saturated heterocycles. The summed E-state index contributed by atoms with van der Waals surface area (Å²) in [7, 11) is 0. The molecule has 160 valence electrons. The molecule has 0 rings (SSSR count). The minimum atomic E-state index is -0.957. The van der Waals surface area contributed by atoms with Crippen LogP contribution in [0.4, 0.5) is 0 Å². The summed E-state index contributed by atoms with van der Waals surface area (Å²) in [6.07, 6.45) is 14.5. The van der Waals surface area contributed by atoms with E-state index in [1.807, 2.05) is 13.1 Å². The van der Waals surface area contributed by atoms with Gasteiger partial charge in [0.05, 0.1) is 25.6 Å². The van der Waals surface area contributed by atoms with Gasteiger partial charge < -0.3 is 15.0 Å². The molecule has 1 atom stereocenters. The second kappa shape index (κ2) is 16.0. The average Bonchev–Trinajstić information content (AvgIpc) is 2.63. The lowest BCUT2D eigenvalue weighted by Crippen LogP contribution is -2.51. The van der Waals surface area contributed by atoms with Gasteiger partial charge in [0.1, 0.15) is 12.0 Å². The normalized spacial score (nSPS) is 13.7. The van der Waals surface area contributed by atoms with E-state index in [-0.39, 0.29) is 0 Å². The van der Waals surface area contributed by atoms with Crippen LogP contribution in [0, 0.1) is 5.92 Å². The highest BCUT2D eigenvalue weighted by Crippen LogP contribution is 2.22. The first kappa shape index (κ1) is 26.0. The van der Waals surface area contributed by atoms with Crippen molar-refractivity contribution in [1.82, 2.24) is 0 Å². The number of nitrogens with zero attached hydrogens (tertiary/aromatic N) is 1. The summed E-state index contributed by atoms with van der Waals surface area (Å²) in [4.78, 5) is 11.6. The first-order chi connectivity index (χ1) is 12.9. The number of carbonyl (C=O) groups is 1. The van der Waals surface area contributed by atoms with Gasteiger partial charge in [-0.05, 0) is 38.5 Å². The van der Waals surface area contributed by atoms with Gasteiger partial charge in [0, 0.05) is 12.3 Å². The molecule has 1 unspecified atom stereocenters. The lowest BCUT2D eigenvalue weighted by atomic mass is 10.0. The van der Waals surface area contributed by atoms with Crippen LogP contribution >= 0.6 is 0 Å². The van der Waals surface area contributed by atoms with Gasteiger partial charge in [-0.15, -0.1) is 0 Å². The lowest BCUT2D eigenvalue weighted by molar-refractivity contribution is -0.883. The second-order valence-corrected chi connectivity index (χ2v) is 8.12. The van der Waals surface area contributed by atoms with Crippen LogP contribution in [-0.2, 0) is 4.79 Å². The van der Waals surface area contributed by atoms with Gasteiger partial charge in [-0.2, -0.15) is 0 Å². The Bertz CT molecular complexity index is 396. The maximum atomic E-state index is 11.6. The predicted molar refractivity (Wildman–Crippen MR) is 112 cm³/mol. The van der Waals surface area contributed by atoms with E-state index in [0.29, 0.717) is 29.6 Å². The van der Waals surface area contributed by atoms with E-state index in [0.717, 1.165) is 64.5 Å². The van der Waals surface area contributed by atoms with Crippen molar-refractivity contribution in [3.63, 3.8) is 0 Å². The van der Waals surface area contributed by atoms with E-state index >= 15 is 0 Å². The summed E-state index contributed by atoms with van der Waals surface area (Å²) < 4.78 is 0.589. The Morgan fingerprint density at radius 2 is 1.41 bits per heavy atom. The number of hydrogen-bond donors (Lipinski definition) is 1. The maximum Gasteiger partial charge on any atom is 0.145 e. The standard InChI is InChI=1S/C23H45NO3/c1-5-9-12-13-16-22(25)20-24(17-14-10-6-2,18-15-11-7-3)19-21(8-4)23(26)27/h20-21H,5-19H2,1-4H3,(H-,25,26,27)/b22-20-. The molecule has 0 fully saturated rings. The summed E-state index contributed by atoms with van der Waals surface area (Å²) >= 11 is 0. The van der Waals surface area contributed by atoms with Crippen LogP contribution in [0.2, 0.25) is 0 Å². The van der Waals surface area contributed by atoms with Crippen LogP contribution in [0.15, 0.2) is 12.0 Å². The van der Waals surface area contributed by atoms with Crippen molar-refractivity contribution in [2.24, 2.45) is 5.92 Å². The van der Waals surface area contributed by atoms with Crippen LogP contribution in [0.5, 0.6) is 0 Å². The minimum Gasteiger partial charge on any atom is -0.550 e. The molecule has 0 heterocycles. The van der Waals surface area contributed by atoms with Crippen LogP contribution in [0.1, 0.15) is 105 Å². The van der Waals surface area contributed by atoms with E-state index in [4.69, 9.17) is 0 Å².